The zero-order valence-corrected chi connectivity index (χ0v) is 16.3. The molecule has 10 heteroatoms. The van der Waals surface area contributed by atoms with Crippen LogP contribution in [-0.4, -0.2) is 86.6 Å². The van der Waals surface area contributed by atoms with Gasteiger partial charge in [0.1, 0.15) is 30.5 Å². The molecular weight excluding hydrogens is 400 g/mol. The molecule has 0 spiro atoms. The minimum Gasteiger partial charge on any atom is -0.504 e. The first-order valence-electron chi connectivity index (χ1n) is 9.12. The summed E-state index contributed by atoms with van der Waals surface area (Å²) in [5.41, 5.74) is 0.885. The highest BCUT2D eigenvalue weighted by Gasteiger charge is 2.44. The van der Waals surface area contributed by atoms with Crippen LogP contribution in [0.4, 0.5) is 0 Å². The maximum atomic E-state index is 12.1. The van der Waals surface area contributed by atoms with Gasteiger partial charge in [-0.15, -0.1) is 0 Å². The molecule has 30 heavy (non-hydrogen) atoms. The Bertz CT molecular complexity index is 775. The molecule has 1 fully saturated rings. The van der Waals surface area contributed by atoms with Crippen LogP contribution in [0.5, 0.6) is 11.5 Å². The Morgan fingerprint density at radius 1 is 1.20 bits per heavy atom. The highest BCUT2D eigenvalue weighted by atomic mass is 16.7. The van der Waals surface area contributed by atoms with Crippen molar-refractivity contribution in [2.24, 2.45) is 0 Å². The summed E-state index contributed by atoms with van der Waals surface area (Å²) in [7, 11) is 0. The number of aromatic hydroxyl groups is 2. The van der Waals surface area contributed by atoms with Crippen LogP contribution >= 0.6 is 0 Å². The van der Waals surface area contributed by atoms with Crippen molar-refractivity contribution in [1.29, 1.82) is 0 Å². The van der Waals surface area contributed by atoms with E-state index in [0.29, 0.717) is 11.1 Å². The minimum absolute atomic E-state index is 0.266. The van der Waals surface area contributed by atoms with E-state index in [-0.39, 0.29) is 18.1 Å². The Balaban J connectivity index is 1.95. The van der Waals surface area contributed by atoms with E-state index < -0.39 is 49.4 Å². The van der Waals surface area contributed by atoms with E-state index in [1.807, 2.05) is 0 Å². The van der Waals surface area contributed by atoms with Crippen molar-refractivity contribution in [3.8, 4) is 11.5 Å². The van der Waals surface area contributed by atoms with Crippen LogP contribution in [0.25, 0.3) is 6.08 Å². The van der Waals surface area contributed by atoms with E-state index >= 15 is 0 Å². The van der Waals surface area contributed by atoms with E-state index in [9.17, 15) is 35.4 Å². The molecule has 1 aromatic carbocycles. The van der Waals surface area contributed by atoms with Crippen LogP contribution in [0.3, 0.4) is 0 Å². The Hall–Kier alpha value is -2.47. The van der Waals surface area contributed by atoms with Gasteiger partial charge in [-0.2, -0.15) is 0 Å². The van der Waals surface area contributed by atoms with Crippen molar-refractivity contribution in [2.75, 3.05) is 13.2 Å². The van der Waals surface area contributed by atoms with Gasteiger partial charge in [0, 0.05) is 6.08 Å². The fourth-order valence-electron chi connectivity index (χ4n) is 2.65. The summed E-state index contributed by atoms with van der Waals surface area (Å²) in [6, 6.07) is 4.01. The number of rotatable bonds is 8. The van der Waals surface area contributed by atoms with Crippen LogP contribution < -0.4 is 0 Å². The quantitative estimate of drug-likeness (QED) is 0.137. The van der Waals surface area contributed by atoms with Gasteiger partial charge in [0.25, 0.3) is 0 Å². The lowest BCUT2D eigenvalue weighted by Crippen LogP contribution is -2.59. The molecule has 0 aromatic heterocycles. The van der Waals surface area contributed by atoms with Gasteiger partial charge in [-0.1, -0.05) is 12.6 Å². The molecule has 1 saturated heterocycles. The van der Waals surface area contributed by atoms with E-state index in [4.69, 9.17) is 14.2 Å². The van der Waals surface area contributed by atoms with E-state index in [1.165, 1.54) is 24.3 Å². The molecule has 1 aliphatic rings. The van der Waals surface area contributed by atoms with Crippen LogP contribution in [0.2, 0.25) is 0 Å². The Labute approximate surface area is 172 Å². The van der Waals surface area contributed by atoms with Gasteiger partial charge in [0.2, 0.25) is 0 Å². The third-order valence-corrected chi connectivity index (χ3v) is 4.48. The average Bonchev–Trinajstić information content (AvgIpc) is 2.71. The number of hydrogen-bond acceptors (Lipinski definition) is 10. The molecule has 0 amide bonds. The van der Waals surface area contributed by atoms with Crippen molar-refractivity contribution in [2.45, 2.75) is 43.7 Å². The standard InChI is InChI=1S/C20H26O10/c1-10(2)15(9-28-20-19(27)18(26)17(25)14(8-21)30-20)29-16(24)6-4-11-3-5-12(22)13(23)7-11/h3-7,14-15,17-23,25-27H,1,8-9H2,2H3. The second-order valence-electron chi connectivity index (χ2n) is 6.88. The number of ether oxygens (including phenoxy) is 3. The summed E-state index contributed by atoms with van der Waals surface area (Å²) in [4.78, 5) is 12.1. The van der Waals surface area contributed by atoms with Crippen molar-refractivity contribution in [3.63, 3.8) is 0 Å². The van der Waals surface area contributed by atoms with Crippen molar-refractivity contribution in [3.05, 3.63) is 42.0 Å². The summed E-state index contributed by atoms with van der Waals surface area (Å²) >= 11 is 0. The first-order valence-corrected chi connectivity index (χ1v) is 9.12. The van der Waals surface area contributed by atoms with Gasteiger partial charge >= 0.3 is 5.97 Å². The van der Waals surface area contributed by atoms with Gasteiger partial charge in [-0.25, -0.2) is 4.79 Å². The Morgan fingerprint density at radius 3 is 2.50 bits per heavy atom. The number of benzene rings is 1. The first-order chi connectivity index (χ1) is 14.1. The monoisotopic (exact) mass is 426 g/mol. The van der Waals surface area contributed by atoms with Gasteiger partial charge in [0.15, 0.2) is 17.8 Å². The lowest BCUT2D eigenvalue weighted by Gasteiger charge is -2.39. The molecule has 0 aliphatic carbocycles. The normalized spacial score (nSPS) is 27.7. The highest BCUT2D eigenvalue weighted by Crippen LogP contribution is 2.25. The van der Waals surface area contributed by atoms with Crippen LogP contribution in [0.15, 0.2) is 36.4 Å². The fraction of sp³-hybridized carbons (Fsp3) is 0.450. The number of hydrogen-bond donors (Lipinski definition) is 6. The largest absolute Gasteiger partial charge is 0.504 e. The van der Waals surface area contributed by atoms with Crippen molar-refractivity contribution in [1.82, 2.24) is 0 Å². The summed E-state index contributed by atoms with van der Waals surface area (Å²) in [6.07, 6.45) is -5.60. The second-order valence-corrected chi connectivity index (χ2v) is 6.88. The molecular formula is C20H26O10. The second kappa shape index (κ2) is 10.5. The third-order valence-electron chi connectivity index (χ3n) is 4.48. The molecule has 2 rings (SSSR count). The van der Waals surface area contributed by atoms with Gasteiger partial charge in [-0.05, 0) is 36.3 Å². The van der Waals surface area contributed by atoms with Crippen LogP contribution in [0, 0.1) is 0 Å². The Morgan fingerprint density at radius 2 is 1.90 bits per heavy atom. The lowest BCUT2D eigenvalue weighted by atomic mass is 9.99. The summed E-state index contributed by atoms with van der Waals surface area (Å²) < 4.78 is 15.9. The molecule has 1 heterocycles. The van der Waals surface area contributed by atoms with Crippen LogP contribution in [0.1, 0.15) is 12.5 Å². The number of phenols is 2. The maximum absolute atomic E-state index is 12.1. The first kappa shape index (κ1) is 23.8. The highest BCUT2D eigenvalue weighted by molar-refractivity contribution is 5.87. The minimum atomic E-state index is -1.59. The van der Waals surface area contributed by atoms with Gasteiger partial charge in [0.05, 0.1) is 13.2 Å². The van der Waals surface area contributed by atoms with E-state index in [0.717, 1.165) is 6.08 Å². The van der Waals surface area contributed by atoms with Gasteiger partial charge < -0.3 is 44.8 Å². The maximum Gasteiger partial charge on any atom is 0.331 e. The molecule has 0 radical (unpaired) electrons. The van der Waals surface area contributed by atoms with Crippen molar-refractivity contribution >= 4 is 12.0 Å². The lowest BCUT2D eigenvalue weighted by molar-refractivity contribution is -0.303. The number of aliphatic hydroxyl groups is 4. The molecule has 6 N–H and O–H groups in total. The number of phenolic OH excluding ortho intramolecular Hbond substituents is 2. The number of esters is 1. The molecule has 6 atom stereocenters. The molecule has 1 aromatic rings. The van der Waals surface area contributed by atoms with Crippen molar-refractivity contribution < 1.29 is 49.6 Å². The molecule has 1 aliphatic heterocycles. The van der Waals surface area contributed by atoms with E-state index in [2.05, 4.69) is 6.58 Å². The zero-order chi connectivity index (χ0) is 22.4. The summed E-state index contributed by atoms with van der Waals surface area (Å²) in [5.74, 6) is -1.37. The summed E-state index contributed by atoms with van der Waals surface area (Å²) in [5, 5.41) is 57.5. The number of carbonyl (C=O) groups excluding carboxylic acids is 1. The fourth-order valence-corrected chi connectivity index (χ4v) is 2.65. The predicted molar refractivity (Wildman–Crippen MR) is 103 cm³/mol. The molecule has 0 bridgehead atoms. The third kappa shape index (κ3) is 6.02. The topological polar surface area (TPSA) is 166 Å². The molecule has 0 saturated carbocycles. The number of aliphatic hydroxyl groups excluding tert-OH is 4. The smallest absolute Gasteiger partial charge is 0.331 e. The zero-order valence-electron chi connectivity index (χ0n) is 16.3. The number of carbonyl (C=O) groups is 1. The predicted octanol–water partition coefficient (Wildman–Crippen LogP) is -0.585. The van der Waals surface area contributed by atoms with E-state index in [1.54, 1.807) is 6.92 Å². The molecule has 166 valence electrons. The summed E-state index contributed by atoms with van der Waals surface area (Å²) in [6.45, 7) is 4.45. The van der Waals surface area contributed by atoms with Gasteiger partial charge in [-0.3, -0.25) is 0 Å². The molecule has 10 nitrogen and oxygen atoms in total. The van der Waals surface area contributed by atoms with Crippen LogP contribution in [-0.2, 0) is 19.0 Å². The average molecular weight is 426 g/mol. The Kier molecular flexibility index (Phi) is 8.35. The molecule has 6 unspecified atom stereocenters. The SMILES string of the molecule is C=C(C)C(COC1OC(CO)C(O)C(O)C1O)OC(=O)C=Cc1ccc(O)c(O)c1.